The van der Waals surface area contributed by atoms with Gasteiger partial charge in [0.15, 0.2) is 5.13 Å². The summed E-state index contributed by atoms with van der Waals surface area (Å²) in [4.78, 5) is 31.1. The van der Waals surface area contributed by atoms with E-state index in [1.54, 1.807) is 0 Å². The van der Waals surface area contributed by atoms with E-state index in [0.29, 0.717) is 10.8 Å². The number of rotatable bonds is 7. The maximum Gasteiger partial charge on any atom is 0.323 e. The number of thiazole rings is 1. The normalized spacial score (nSPS) is 10.5. The summed E-state index contributed by atoms with van der Waals surface area (Å²) in [6.45, 7) is 4.06. The molecule has 6 nitrogen and oxygen atoms in total. The van der Waals surface area contributed by atoms with Gasteiger partial charge in [-0.15, -0.1) is 23.1 Å². The lowest BCUT2D eigenvalue weighted by Gasteiger charge is -2.08. The number of amides is 3. The Morgan fingerprint density at radius 3 is 2.15 bits per heavy atom. The highest BCUT2D eigenvalue weighted by molar-refractivity contribution is 8.00. The Bertz CT molecular complexity index is 1270. The van der Waals surface area contributed by atoms with Gasteiger partial charge in [-0.3, -0.25) is 4.79 Å². The molecule has 0 aliphatic heterocycles. The minimum Gasteiger partial charge on any atom is -0.308 e. The number of hydrogen-bond acceptors (Lipinski definition) is 5. The minimum atomic E-state index is -0.310. The van der Waals surface area contributed by atoms with Crippen molar-refractivity contribution >= 4 is 51.5 Å². The number of carbonyl (C=O) groups is 2. The molecule has 34 heavy (non-hydrogen) atoms. The zero-order valence-electron chi connectivity index (χ0n) is 18.8. The SMILES string of the molecule is Cc1ccc(-c2nc(NC(=O)CSc3ccc(NC(=O)Nc4ccccc4)cc3)sc2C)cc1. The number of aromatic nitrogens is 1. The lowest BCUT2D eigenvalue weighted by Crippen LogP contribution is -2.19. The van der Waals surface area contributed by atoms with Crippen molar-refractivity contribution < 1.29 is 9.59 Å². The van der Waals surface area contributed by atoms with Gasteiger partial charge in [-0.2, -0.15) is 0 Å². The van der Waals surface area contributed by atoms with E-state index in [2.05, 4.69) is 33.1 Å². The molecule has 4 rings (SSSR count). The van der Waals surface area contributed by atoms with Crippen LogP contribution in [0.1, 0.15) is 10.4 Å². The van der Waals surface area contributed by atoms with Crippen LogP contribution in [0.15, 0.2) is 83.8 Å². The van der Waals surface area contributed by atoms with E-state index >= 15 is 0 Å². The highest BCUT2D eigenvalue weighted by Crippen LogP contribution is 2.31. The number of hydrogen-bond donors (Lipinski definition) is 3. The number of anilines is 3. The molecular weight excluding hydrogens is 464 g/mol. The molecule has 0 radical (unpaired) electrons. The van der Waals surface area contributed by atoms with Crippen molar-refractivity contribution in [3.63, 3.8) is 0 Å². The largest absolute Gasteiger partial charge is 0.323 e. The summed E-state index contributed by atoms with van der Waals surface area (Å²) in [6, 6.07) is 24.5. The molecule has 0 fully saturated rings. The number of nitrogens with one attached hydrogen (secondary N) is 3. The first-order valence-corrected chi connectivity index (χ1v) is 12.5. The Morgan fingerprint density at radius 1 is 0.824 bits per heavy atom. The van der Waals surface area contributed by atoms with Gasteiger partial charge >= 0.3 is 6.03 Å². The lowest BCUT2D eigenvalue weighted by atomic mass is 10.1. The van der Waals surface area contributed by atoms with Gasteiger partial charge in [-0.1, -0.05) is 48.0 Å². The zero-order chi connectivity index (χ0) is 23.9. The van der Waals surface area contributed by atoms with Crippen LogP contribution in [-0.2, 0) is 4.79 Å². The Labute approximate surface area is 206 Å². The summed E-state index contributed by atoms with van der Waals surface area (Å²) in [6.07, 6.45) is 0. The zero-order valence-corrected chi connectivity index (χ0v) is 20.4. The van der Waals surface area contributed by atoms with Crippen LogP contribution in [0.25, 0.3) is 11.3 Å². The molecule has 3 amide bonds. The Morgan fingerprint density at radius 2 is 1.47 bits per heavy atom. The summed E-state index contributed by atoms with van der Waals surface area (Å²) in [7, 11) is 0. The van der Waals surface area contributed by atoms with Gasteiger partial charge in [0.2, 0.25) is 5.91 Å². The number of carbonyl (C=O) groups excluding carboxylic acids is 2. The van der Waals surface area contributed by atoms with Crippen LogP contribution >= 0.6 is 23.1 Å². The maximum absolute atomic E-state index is 12.4. The number of urea groups is 1. The minimum absolute atomic E-state index is 0.112. The Balaban J connectivity index is 1.27. The molecule has 0 bridgehead atoms. The second kappa shape index (κ2) is 11.0. The van der Waals surface area contributed by atoms with Gasteiger partial charge in [0, 0.05) is 26.7 Å². The lowest BCUT2D eigenvalue weighted by molar-refractivity contribution is -0.113. The first kappa shape index (κ1) is 23.5. The summed E-state index contributed by atoms with van der Waals surface area (Å²) in [5.74, 6) is 0.151. The van der Waals surface area contributed by atoms with Crippen LogP contribution in [0.4, 0.5) is 21.3 Å². The van der Waals surface area contributed by atoms with Crippen LogP contribution in [-0.4, -0.2) is 22.7 Å². The third-order valence-electron chi connectivity index (χ3n) is 4.88. The maximum atomic E-state index is 12.4. The van der Waals surface area contributed by atoms with Crippen LogP contribution in [0, 0.1) is 13.8 Å². The van der Waals surface area contributed by atoms with Gasteiger partial charge in [-0.25, -0.2) is 9.78 Å². The molecule has 0 aliphatic rings. The van der Waals surface area contributed by atoms with Crippen molar-refractivity contribution in [2.75, 3.05) is 21.7 Å². The van der Waals surface area contributed by atoms with Crippen LogP contribution < -0.4 is 16.0 Å². The fraction of sp³-hybridized carbons (Fsp3) is 0.115. The van der Waals surface area contributed by atoms with Crippen LogP contribution in [0.3, 0.4) is 0 Å². The number of nitrogens with zero attached hydrogens (tertiary/aromatic N) is 1. The van der Waals surface area contributed by atoms with E-state index in [9.17, 15) is 9.59 Å². The molecule has 0 saturated carbocycles. The van der Waals surface area contributed by atoms with Gasteiger partial charge in [0.1, 0.15) is 0 Å². The van der Waals surface area contributed by atoms with Crippen LogP contribution in [0.2, 0.25) is 0 Å². The molecule has 8 heteroatoms. The molecule has 172 valence electrons. The standard InChI is InChI=1S/C26H24N4O2S2/c1-17-8-10-19(11-9-17)24-18(2)34-26(30-24)29-23(31)16-33-22-14-12-21(13-15-22)28-25(32)27-20-6-4-3-5-7-20/h3-15H,16H2,1-2H3,(H2,27,28,32)(H,29,30,31). The van der Waals surface area contributed by atoms with Crippen molar-refractivity contribution in [1.82, 2.24) is 4.98 Å². The molecule has 3 aromatic carbocycles. The van der Waals surface area contributed by atoms with E-state index in [1.165, 1.54) is 28.7 Å². The van der Waals surface area contributed by atoms with Crippen molar-refractivity contribution in [2.24, 2.45) is 0 Å². The summed E-state index contributed by atoms with van der Waals surface area (Å²) >= 11 is 2.90. The second-order valence-corrected chi connectivity index (χ2v) is 9.85. The molecule has 3 N–H and O–H groups in total. The molecule has 0 unspecified atom stereocenters. The third-order valence-corrected chi connectivity index (χ3v) is 6.78. The van der Waals surface area contributed by atoms with Crippen molar-refractivity contribution in [2.45, 2.75) is 18.7 Å². The average molecular weight is 489 g/mol. The van der Waals surface area contributed by atoms with E-state index in [-0.39, 0.29) is 17.7 Å². The molecule has 4 aromatic rings. The number of para-hydroxylation sites is 1. The second-order valence-electron chi connectivity index (χ2n) is 7.60. The van der Waals surface area contributed by atoms with Crippen molar-refractivity contribution in [1.29, 1.82) is 0 Å². The fourth-order valence-electron chi connectivity index (χ4n) is 3.18. The Kier molecular flexibility index (Phi) is 7.61. The molecule has 0 saturated heterocycles. The third kappa shape index (κ3) is 6.46. The van der Waals surface area contributed by atoms with Crippen molar-refractivity contribution in [3.05, 3.63) is 89.3 Å². The summed E-state index contributed by atoms with van der Waals surface area (Å²) < 4.78 is 0. The molecule has 0 atom stereocenters. The fourth-order valence-corrected chi connectivity index (χ4v) is 4.73. The number of benzene rings is 3. The number of aryl methyl sites for hydroxylation is 2. The highest BCUT2D eigenvalue weighted by atomic mass is 32.2. The molecule has 0 aliphatic carbocycles. The molecular formula is C26H24N4O2S2. The number of thioether (sulfide) groups is 1. The van der Waals surface area contributed by atoms with Crippen molar-refractivity contribution in [3.8, 4) is 11.3 Å². The monoisotopic (exact) mass is 488 g/mol. The van der Waals surface area contributed by atoms with Crippen LogP contribution in [0.5, 0.6) is 0 Å². The smallest absolute Gasteiger partial charge is 0.308 e. The van der Waals surface area contributed by atoms with Gasteiger partial charge in [0.05, 0.1) is 11.4 Å². The average Bonchev–Trinajstić information content (AvgIpc) is 3.19. The predicted molar refractivity (Wildman–Crippen MR) is 142 cm³/mol. The summed E-state index contributed by atoms with van der Waals surface area (Å²) in [5.41, 5.74) is 4.53. The highest BCUT2D eigenvalue weighted by Gasteiger charge is 2.12. The predicted octanol–water partition coefficient (Wildman–Crippen LogP) is 6.80. The van der Waals surface area contributed by atoms with E-state index in [4.69, 9.17) is 0 Å². The van der Waals surface area contributed by atoms with E-state index in [0.717, 1.165) is 26.7 Å². The molecule has 1 heterocycles. The Hall–Kier alpha value is -3.62. The summed E-state index contributed by atoms with van der Waals surface area (Å²) in [5, 5.41) is 9.06. The van der Waals surface area contributed by atoms with Gasteiger partial charge in [0.25, 0.3) is 0 Å². The first-order valence-electron chi connectivity index (χ1n) is 10.7. The quantitative estimate of drug-likeness (QED) is 0.250. The molecule has 1 aromatic heterocycles. The van der Waals surface area contributed by atoms with E-state index in [1.807, 2.05) is 80.6 Å². The molecule has 0 spiro atoms. The first-order chi connectivity index (χ1) is 16.5. The topological polar surface area (TPSA) is 83.1 Å². The van der Waals surface area contributed by atoms with Gasteiger partial charge < -0.3 is 16.0 Å². The van der Waals surface area contributed by atoms with Gasteiger partial charge in [-0.05, 0) is 50.2 Å². The van der Waals surface area contributed by atoms with E-state index < -0.39 is 0 Å².